The Hall–Kier alpha value is -2.15. The molecular weight excluding hydrogens is 256 g/mol. The van der Waals surface area contributed by atoms with Gasteiger partial charge in [-0.2, -0.15) is 5.10 Å². The van der Waals surface area contributed by atoms with Crippen LogP contribution in [0, 0.1) is 0 Å². The summed E-state index contributed by atoms with van der Waals surface area (Å²) in [6.45, 7) is 0.237. The van der Waals surface area contributed by atoms with Crippen LogP contribution < -0.4 is 10.6 Å². The molecule has 18 heavy (non-hydrogen) atoms. The van der Waals surface area contributed by atoms with E-state index in [0.29, 0.717) is 16.7 Å². The first-order valence-corrected chi connectivity index (χ1v) is 5.55. The van der Waals surface area contributed by atoms with Gasteiger partial charge in [-0.05, 0) is 12.1 Å². The van der Waals surface area contributed by atoms with Crippen LogP contribution in [0.4, 0.5) is 5.82 Å². The largest absolute Gasteiger partial charge is 0.373 e. The van der Waals surface area contributed by atoms with E-state index in [1.807, 2.05) is 0 Å². The summed E-state index contributed by atoms with van der Waals surface area (Å²) in [7, 11) is 1.71. The highest BCUT2D eigenvalue weighted by Gasteiger charge is 2.13. The smallest absolute Gasteiger partial charge is 0.271 e. The minimum atomic E-state index is -0.367. The Labute approximate surface area is 108 Å². The SMILES string of the molecule is CNc1ccc(Cl)c(C(=O)NCc2ncn[nH]2)n1. The average molecular weight is 267 g/mol. The number of pyridine rings is 1. The lowest BCUT2D eigenvalue weighted by Gasteiger charge is -2.06. The van der Waals surface area contributed by atoms with Gasteiger partial charge in [0.2, 0.25) is 0 Å². The highest BCUT2D eigenvalue weighted by Crippen LogP contribution is 2.16. The summed E-state index contributed by atoms with van der Waals surface area (Å²) in [5.41, 5.74) is 0.169. The van der Waals surface area contributed by atoms with Gasteiger partial charge in [0.1, 0.15) is 23.7 Å². The van der Waals surface area contributed by atoms with Crippen LogP contribution in [0.15, 0.2) is 18.5 Å². The van der Waals surface area contributed by atoms with Crippen molar-refractivity contribution >= 4 is 23.3 Å². The number of hydrogen-bond donors (Lipinski definition) is 3. The lowest BCUT2D eigenvalue weighted by atomic mass is 10.3. The minimum Gasteiger partial charge on any atom is -0.373 e. The zero-order valence-corrected chi connectivity index (χ0v) is 10.3. The van der Waals surface area contributed by atoms with Crippen molar-refractivity contribution in [1.82, 2.24) is 25.5 Å². The summed E-state index contributed by atoms with van der Waals surface area (Å²) in [4.78, 5) is 19.9. The van der Waals surface area contributed by atoms with Crippen molar-refractivity contribution in [1.29, 1.82) is 0 Å². The molecule has 2 aromatic rings. The quantitative estimate of drug-likeness (QED) is 0.762. The lowest BCUT2D eigenvalue weighted by Crippen LogP contribution is -2.25. The minimum absolute atomic E-state index is 0.169. The Balaban J connectivity index is 2.08. The highest BCUT2D eigenvalue weighted by atomic mass is 35.5. The van der Waals surface area contributed by atoms with Crippen LogP contribution in [0.3, 0.4) is 0 Å². The fraction of sp³-hybridized carbons (Fsp3) is 0.200. The molecule has 2 aromatic heterocycles. The molecule has 0 aliphatic heterocycles. The van der Waals surface area contributed by atoms with E-state index < -0.39 is 0 Å². The Morgan fingerprint density at radius 1 is 1.50 bits per heavy atom. The van der Waals surface area contributed by atoms with E-state index in [1.165, 1.54) is 6.33 Å². The van der Waals surface area contributed by atoms with Gasteiger partial charge >= 0.3 is 0 Å². The van der Waals surface area contributed by atoms with Gasteiger partial charge in [0.25, 0.3) is 5.91 Å². The second-order valence-corrected chi connectivity index (χ2v) is 3.80. The van der Waals surface area contributed by atoms with Crippen LogP contribution in [0.1, 0.15) is 16.3 Å². The summed E-state index contributed by atoms with van der Waals surface area (Å²) in [6, 6.07) is 3.30. The van der Waals surface area contributed by atoms with Crippen molar-refractivity contribution < 1.29 is 4.79 Å². The maximum atomic E-state index is 11.9. The van der Waals surface area contributed by atoms with Gasteiger partial charge < -0.3 is 10.6 Å². The number of nitrogens with zero attached hydrogens (tertiary/aromatic N) is 3. The van der Waals surface area contributed by atoms with Crippen molar-refractivity contribution in [3.05, 3.63) is 35.0 Å². The van der Waals surface area contributed by atoms with Crippen LogP contribution in [-0.4, -0.2) is 33.1 Å². The molecule has 0 spiro atoms. The first-order valence-electron chi connectivity index (χ1n) is 5.17. The predicted octanol–water partition coefficient (Wildman–Crippen LogP) is 0.825. The van der Waals surface area contributed by atoms with Crippen LogP contribution in [0.25, 0.3) is 0 Å². The average Bonchev–Trinajstić information content (AvgIpc) is 2.89. The maximum Gasteiger partial charge on any atom is 0.271 e. The lowest BCUT2D eigenvalue weighted by molar-refractivity contribution is 0.0945. The number of carbonyl (C=O) groups is 1. The molecular formula is C10H11ClN6O. The third-order valence-electron chi connectivity index (χ3n) is 2.20. The van der Waals surface area contributed by atoms with Crippen molar-refractivity contribution in [2.75, 3.05) is 12.4 Å². The molecule has 0 bridgehead atoms. The van der Waals surface area contributed by atoms with E-state index in [9.17, 15) is 4.79 Å². The second kappa shape index (κ2) is 5.46. The third kappa shape index (κ3) is 2.75. The zero-order chi connectivity index (χ0) is 13.0. The number of halogens is 1. The number of anilines is 1. The fourth-order valence-electron chi connectivity index (χ4n) is 1.30. The van der Waals surface area contributed by atoms with E-state index in [-0.39, 0.29) is 18.1 Å². The standard InChI is InChI=1S/C10H11ClN6O/c1-12-7-3-2-6(11)9(16-7)10(18)13-4-8-14-5-15-17-8/h2-3,5H,4H2,1H3,(H,12,16)(H,13,18)(H,14,15,17). The molecule has 0 atom stereocenters. The number of hydrogen-bond acceptors (Lipinski definition) is 5. The molecule has 1 amide bonds. The summed E-state index contributed by atoms with van der Waals surface area (Å²) in [5, 5.41) is 12.1. The highest BCUT2D eigenvalue weighted by molar-refractivity contribution is 6.33. The van der Waals surface area contributed by atoms with E-state index >= 15 is 0 Å². The van der Waals surface area contributed by atoms with Gasteiger partial charge in [-0.15, -0.1) is 0 Å². The topological polar surface area (TPSA) is 95.6 Å². The van der Waals surface area contributed by atoms with Gasteiger partial charge in [0, 0.05) is 7.05 Å². The Morgan fingerprint density at radius 2 is 2.33 bits per heavy atom. The van der Waals surface area contributed by atoms with Crippen molar-refractivity contribution in [3.63, 3.8) is 0 Å². The van der Waals surface area contributed by atoms with E-state index in [0.717, 1.165) is 0 Å². The van der Waals surface area contributed by atoms with Gasteiger partial charge in [-0.3, -0.25) is 9.89 Å². The molecule has 2 heterocycles. The third-order valence-corrected chi connectivity index (χ3v) is 2.50. The molecule has 0 saturated heterocycles. The number of aromatic nitrogens is 4. The van der Waals surface area contributed by atoms with Crippen LogP contribution in [-0.2, 0) is 6.54 Å². The number of aromatic amines is 1. The number of rotatable bonds is 4. The number of amides is 1. The molecule has 0 aromatic carbocycles. The van der Waals surface area contributed by atoms with Crippen molar-refractivity contribution in [3.8, 4) is 0 Å². The first kappa shape index (κ1) is 12.3. The molecule has 0 unspecified atom stereocenters. The Bertz CT molecular complexity index is 541. The predicted molar refractivity (Wildman–Crippen MR) is 66.3 cm³/mol. The van der Waals surface area contributed by atoms with Crippen molar-refractivity contribution in [2.45, 2.75) is 6.54 Å². The molecule has 0 aliphatic carbocycles. The van der Waals surface area contributed by atoms with Crippen LogP contribution in [0.2, 0.25) is 5.02 Å². The van der Waals surface area contributed by atoms with Gasteiger partial charge in [-0.1, -0.05) is 11.6 Å². The molecule has 0 fully saturated rings. The first-order chi connectivity index (χ1) is 8.70. The summed E-state index contributed by atoms with van der Waals surface area (Å²) >= 11 is 5.92. The summed E-state index contributed by atoms with van der Waals surface area (Å²) < 4.78 is 0. The van der Waals surface area contributed by atoms with Crippen LogP contribution >= 0.6 is 11.6 Å². The summed E-state index contributed by atoms with van der Waals surface area (Å²) in [6.07, 6.45) is 1.37. The molecule has 0 radical (unpaired) electrons. The monoisotopic (exact) mass is 266 g/mol. The van der Waals surface area contributed by atoms with Crippen LogP contribution in [0.5, 0.6) is 0 Å². The molecule has 0 aliphatic rings. The zero-order valence-electron chi connectivity index (χ0n) is 9.57. The van der Waals surface area contributed by atoms with E-state index in [2.05, 4.69) is 30.8 Å². The fourth-order valence-corrected chi connectivity index (χ4v) is 1.50. The molecule has 94 valence electrons. The second-order valence-electron chi connectivity index (χ2n) is 3.39. The number of carbonyl (C=O) groups excluding carboxylic acids is 1. The van der Waals surface area contributed by atoms with Crippen molar-refractivity contribution in [2.24, 2.45) is 0 Å². The number of nitrogens with one attached hydrogen (secondary N) is 3. The molecule has 0 saturated carbocycles. The molecule has 2 rings (SSSR count). The molecule has 3 N–H and O–H groups in total. The molecule has 7 nitrogen and oxygen atoms in total. The maximum absolute atomic E-state index is 11.9. The normalized spacial score (nSPS) is 10.1. The Morgan fingerprint density at radius 3 is 3.00 bits per heavy atom. The Kier molecular flexibility index (Phi) is 3.73. The van der Waals surface area contributed by atoms with Gasteiger partial charge in [0.05, 0.1) is 11.6 Å². The molecule has 8 heteroatoms. The number of H-pyrrole nitrogens is 1. The van der Waals surface area contributed by atoms with E-state index in [4.69, 9.17) is 11.6 Å². The van der Waals surface area contributed by atoms with Gasteiger partial charge in [-0.25, -0.2) is 9.97 Å². The van der Waals surface area contributed by atoms with Gasteiger partial charge in [0.15, 0.2) is 0 Å². The van der Waals surface area contributed by atoms with E-state index in [1.54, 1.807) is 19.2 Å². The summed E-state index contributed by atoms with van der Waals surface area (Å²) in [5.74, 6) is 0.766.